The van der Waals surface area contributed by atoms with Gasteiger partial charge in [0.15, 0.2) is 17.2 Å². The highest BCUT2D eigenvalue weighted by Gasteiger charge is 2.24. The van der Waals surface area contributed by atoms with E-state index in [1.54, 1.807) is 19.2 Å². The molecule has 0 bridgehead atoms. The molecule has 0 aliphatic carbocycles. The number of methoxy groups -OCH3 is 4. The summed E-state index contributed by atoms with van der Waals surface area (Å²) < 4.78 is 20.9. The Morgan fingerprint density at radius 3 is 2.27 bits per heavy atom. The van der Waals surface area contributed by atoms with Gasteiger partial charge in [0.2, 0.25) is 5.75 Å². The summed E-state index contributed by atoms with van der Waals surface area (Å²) in [6, 6.07) is 3.56. The Balaban J connectivity index is 2.70. The maximum Gasteiger partial charge on any atom is 0.358 e. The number of esters is 1. The van der Waals surface area contributed by atoms with Gasteiger partial charge in [-0.05, 0) is 19.1 Å². The number of benzene rings is 1. The van der Waals surface area contributed by atoms with E-state index in [9.17, 15) is 4.79 Å². The molecule has 1 aromatic carbocycles. The minimum Gasteiger partial charge on any atom is -0.493 e. The van der Waals surface area contributed by atoms with Crippen molar-refractivity contribution in [3.8, 4) is 27.7 Å². The van der Waals surface area contributed by atoms with Crippen LogP contribution in [0.25, 0.3) is 10.4 Å². The fourth-order valence-electron chi connectivity index (χ4n) is 2.12. The minimum atomic E-state index is -0.490. The molecule has 0 amide bonds. The van der Waals surface area contributed by atoms with Gasteiger partial charge in [-0.2, -0.15) is 0 Å². The van der Waals surface area contributed by atoms with Crippen molar-refractivity contribution in [1.82, 2.24) is 4.98 Å². The van der Waals surface area contributed by atoms with E-state index in [2.05, 4.69) is 4.98 Å². The molecule has 0 spiro atoms. The zero-order chi connectivity index (χ0) is 16.3. The summed E-state index contributed by atoms with van der Waals surface area (Å²) in [5, 5.41) is 0.757. The maximum absolute atomic E-state index is 11.9. The first-order valence-electron chi connectivity index (χ1n) is 6.42. The predicted molar refractivity (Wildman–Crippen MR) is 83.3 cm³/mol. The Morgan fingerprint density at radius 1 is 1.05 bits per heavy atom. The summed E-state index contributed by atoms with van der Waals surface area (Å²) in [5.74, 6) is 1.00. The van der Waals surface area contributed by atoms with Crippen LogP contribution in [0.3, 0.4) is 0 Å². The number of hydrogen-bond donors (Lipinski definition) is 0. The van der Waals surface area contributed by atoms with E-state index < -0.39 is 5.97 Å². The molecular weight excluding hydrogens is 306 g/mol. The van der Waals surface area contributed by atoms with E-state index in [1.165, 1.54) is 32.7 Å². The third-order valence-electron chi connectivity index (χ3n) is 3.06. The number of thiazole rings is 1. The number of ether oxygens (including phenoxy) is 4. The van der Waals surface area contributed by atoms with E-state index in [-0.39, 0.29) is 5.69 Å². The standard InChI is InChI=1S/C15H17NO5S/c1-8-16-11(15(17)21-5)14(22-8)9-6-7-10(18-2)13(20-4)12(9)19-3/h6-7H,1-5H3. The summed E-state index contributed by atoms with van der Waals surface area (Å²) in [6.45, 7) is 1.83. The molecule has 1 aromatic heterocycles. The number of nitrogens with zero attached hydrogens (tertiary/aromatic N) is 1. The summed E-state index contributed by atoms with van der Waals surface area (Å²) in [7, 11) is 5.94. The lowest BCUT2D eigenvalue weighted by molar-refractivity contribution is 0.0595. The smallest absolute Gasteiger partial charge is 0.358 e. The number of aryl methyl sites for hydroxylation is 1. The highest BCUT2D eigenvalue weighted by atomic mass is 32.1. The molecule has 0 N–H and O–H groups in total. The monoisotopic (exact) mass is 323 g/mol. The third kappa shape index (κ3) is 2.71. The molecule has 2 aromatic rings. The fraction of sp³-hybridized carbons (Fsp3) is 0.333. The predicted octanol–water partition coefficient (Wildman–Crippen LogP) is 2.93. The third-order valence-corrected chi connectivity index (χ3v) is 4.07. The van der Waals surface area contributed by atoms with Crippen LogP contribution < -0.4 is 14.2 Å². The van der Waals surface area contributed by atoms with Crippen molar-refractivity contribution in [3.05, 3.63) is 22.8 Å². The number of carbonyl (C=O) groups is 1. The molecule has 0 unspecified atom stereocenters. The summed E-state index contributed by atoms with van der Waals surface area (Å²) >= 11 is 1.39. The van der Waals surface area contributed by atoms with Crippen LogP contribution in [0.4, 0.5) is 0 Å². The molecule has 0 atom stereocenters. The van der Waals surface area contributed by atoms with E-state index in [4.69, 9.17) is 18.9 Å². The average molecular weight is 323 g/mol. The Morgan fingerprint density at radius 2 is 1.73 bits per heavy atom. The van der Waals surface area contributed by atoms with Crippen molar-refractivity contribution in [2.75, 3.05) is 28.4 Å². The lowest BCUT2D eigenvalue weighted by atomic mass is 10.1. The van der Waals surface area contributed by atoms with Crippen molar-refractivity contribution < 1.29 is 23.7 Å². The molecule has 0 fully saturated rings. The van der Waals surface area contributed by atoms with Crippen molar-refractivity contribution in [2.24, 2.45) is 0 Å². The van der Waals surface area contributed by atoms with E-state index in [1.807, 2.05) is 6.92 Å². The van der Waals surface area contributed by atoms with Gasteiger partial charge in [0.25, 0.3) is 0 Å². The highest BCUT2D eigenvalue weighted by Crippen LogP contribution is 2.46. The van der Waals surface area contributed by atoms with E-state index in [0.29, 0.717) is 27.7 Å². The Labute approximate surface area is 132 Å². The second-order valence-corrected chi connectivity index (χ2v) is 5.49. The van der Waals surface area contributed by atoms with Crippen LogP contribution in [0.1, 0.15) is 15.5 Å². The number of carbonyl (C=O) groups excluding carboxylic acids is 1. The van der Waals surface area contributed by atoms with E-state index in [0.717, 1.165) is 5.01 Å². The average Bonchev–Trinajstić information content (AvgIpc) is 2.93. The van der Waals surface area contributed by atoms with Gasteiger partial charge in [-0.15, -0.1) is 11.3 Å². The minimum absolute atomic E-state index is 0.260. The van der Waals surface area contributed by atoms with Crippen LogP contribution >= 0.6 is 11.3 Å². The highest BCUT2D eigenvalue weighted by molar-refractivity contribution is 7.15. The van der Waals surface area contributed by atoms with Crippen LogP contribution in [0.2, 0.25) is 0 Å². The topological polar surface area (TPSA) is 66.9 Å². The second-order valence-electron chi connectivity index (χ2n) is 4.28. The van der Waals surface area contributed by atoms with Crippen molar-refractivity contribution >= 4 is 17.3 Å². The first-order chi connectivity index (χ1) is 10.6. The van der Waals surface area contributed by atoms with Crippen LogP contribution in [0.15, 0.2) is 12.1 Å². The van der Waals surface area contributed by atoms with Gasteiger partial charge in [0.1, 0.15) is 0 Å². The van der Waals surface area contributed by atoms with Crippen LogP contribution in [-0.4, -0.2) is 39.4 Å². The Kier molecular flexibility index (Phi) is 4.87. The van der Waals surface area contributed by atoms with Gasteiger partial charge in [0, 0.05) is 5.56 Å². The Bertz CT molecular complexity index is 695. The largest absolute Gasteiger partial charge is 0.493 e. The molecule has 0 saturated carbocycles. The normalized spacial score (nSPS) is 10.2. The van der Waals surface area contributed by atoms with Crippen molar-refractivity contribution in [2.45, 2.75) is 6.92 Å². The molecule has 0 radical (unpaired) electrons. The molecule has 0 aliphatic heterocycles. The maximum atomic E-state index is 11.9. The summed E-state index contributed by atoms with van der Waals surface area (Å²) in [5.41, 5.74) is 0.960. The van der Waals surface area contributed by atoms with Gasteiger partial charge in [-0.3, -0.25) is 0 Å². The van der Waals surface area contributed by atoms with Gasteiger partial charge in [-0.25, -0.2) is 9.78 Å². The fourth-order valence-corrected chi connectivity index (χ4v) is 3.05. The number of aromatic nitrogens is 1. The van der Waals surface area contributed by atoms with Gasteiger partial charge in [0.05, 0.1) is 38.3 Å². The molecule has 22 heavy (non-hydrogen) atoms. The van der Waals surface area contributed by atoms with Gasteiger partial charge >= 0.3 is 5.97 Å². The lowest BCUT2D eigenvalue weighted by Crippen LogP contribution is -2.04. The summed E-state index contributed by atoms with van der Waals surface area (Å²) in [6.07, 6.45) is 0. The first-order valence-corrected chi connectivity index (χ1v) is 7.24. The molecular formula is C15H17NO5S. The molecule has 118 valence electrons. The number of hydrogen-bond acceptors (Lipinski definition) is 7. The molecule has 0 saturated heterocycles. The van der Waals surface area contributed by atoms with Crippen LogP contribution in [-0.2, 0) is 4.74 Å². The zero-order valence-corrected chi connectivity index (χ0v) is 13.9. The van der Waals surface area contributed by atoms with E-state index >= 15 is 0 Å². The SMILES string of the molecule is COC(=O)c1nc(C)sc1-c1ccc(OC)c(OC)c1OC. The van der Waals surface area contributed by atoms with Crippen molar-refractivity contribution in [3.63, 3.8) is 0 Å². The zero-order valence-electron chi connectivity index (χ0n) is 13.1. The molecule has 0 aliphatic rings. The van der Waals surface area contributed by atoms with Crippen LogP contribution in [0, 0.1) is 6.92 Å². The van der Waals surface area contributed by atoms with Crippen LogP contribution in [0.5, 0.6) is 17.2 Å². The van der Waals surface area contributed by atoms with Gasteiger partial charge < -0.3 is 18.9 Å². The summed E-state index contributed by atoms with van der Waals surface area (Å²) in [4.78, 5) is 16.8. The second kappa shape index (κ2) is 6.65. The Hall–Kier alpha value is -2.28. The molecule has 7 heteroatoms. The molecule has 6 nitrogen and oxygen atoms in total. The molecule has 2 rings (SSSR count). The van der Waals surface area contributed by atoms with Crippen molar-refractivity contribution in [1.29, 1.82) is 0 Å². The lowest BCUT2D eigenvalue weighted by Gasteiger charge is -2.15. The number of rotatable bonds is 5. The molecule has 1 heterocycles. The first kappa shape index (κ1) is 16.1. The van der Waals surface area contributed by atoms with Gasteiger partial charge in [-0.1, -0.05) is 0 Å². The quantitative estimate of drug-likeness (QED) is 0.788.